The highest BCUT2D eigenvalue weighted by atomic mass is 35.5. The number of carbonyl (C=O) groups is 1. The van der Waals surface area contributed by atoms with E-state index in [1.165, 1.54) is 6.20 Å². The molecule has 3 aromatic heterocycles. The van der Waals surface area contributed by atoms with Crippen molar-refractivity contribution in [2.24, 2.45) is 0 Å². The van der Waals surface area contributed by atoms with Gasteiger partial charge in [-0.3, -0.25) is 9.48 Å². The van der Waals surface area contributed by atoms with E-state index in [0.717, 1.165) is 28.6 Å². The second-order valence-electron chi connectivity index (χ2n) is 8.85. The zero-order chi connectivity index (χ0) is 27.1. The highest BCUT2D eigenvalue weighted by molar-refractivity contribution is 6.30. The monoisotopic (exact) mass is 546 g/mol. The molecule has 0 aliphatic heterocycles. The van der Waals surface area contributed by atoms with E-state index in [1.54, 1.807) is 41.2 Å². The molecule has 1 N–H and O–H groups in total. The molecule has 0 saturated carbocycles. The normalized spacial score (nSPS) is 11.8. The number of nitrogens with zero attached hydrogens (tertiary/aromatic N) is 5. The van der Waals surface area contributed by atoms with E-state index >= 15 is 0 Å². The summed E-state index contributed by atoms with van der Waals surface area (Å²) in [5.74, 6) is -0.660. The molecule has 0 fully saturated rings. The Morgan fingerprint density at radius 1 is 0.949 bits per heavy atom. The number of aromatic nitrogens is 5. The number of benzene rings is 3. The van der Waals surface area contributed by atoms with Crippen LogP contribution < -0.4 is 5.32 Å². The molecule has 0 saturated heterocycles. The number of anilines is 1. The average Bonchev–Trinajstić information content (AvgIpc) is 3.55. The van der Waals surface area contributed by atoms with Crippen LogP contribution in [0.25, 0.3) is 27.7 Å². The molecule has 6 rings (SSSR count). The van der Waals surface area contributed by atoms with Crippen LogP contribution >= 0.6 is 11.6 Å². The summed E-state index contributed by atoms with van der Waals surface area (Å²) in [5.41, 5.74) is 0.564. The zero-order valence-electron chi connectivity index (χ0n) is 20.0. The number of hydrogen-bond donors (Lipinski definition) is 1. The van der Waals surface area contributed by atoms with Crippen LogP contribution in [0.5, 0.6) is 0 Å². The number of alkyl halides is 3. The first-order chi connectivity index (χ1) is 18.8. The lowest BCUT2D eigenvalue weighted by Crippen LogP contribution is -2.15. The van der Waals surface area contributed by atoms with Crippen molar-refractivity contribution in [1.29, 1.82) is 0 Å². The van der Waals surface area contributed by atoms with Crippen molar-refractivity contribution >= 4 is 39.6 Å². The molecule has 0 aliphatic rings. The maximum Gasteiger partial charge on any atom is 0.433 e. The van der Waals surface area contributed by atoms with E-state index in [9.17, 15) is 18.0 Å². The van der Waals surface area contributed by atoms with Gasteiger partial charge < -0.3 is 5.32 Å². The van der Waals surface area contributed by atoms with Gasteiger partial charge in [0, 0.05) is 16.8 Å². The van der Waals surface area contributed by atoms with Gasteiger partial charge in [-0.15, -0.1) is 0 Å². The van der Waals surface area contributed by atoms with E-state index in [2.05, 4.69) is 20.5 Å². The third kappa shape index (κ3) is 4.82. The standard InChI is InChI=1S/C28H18ClF3N6O/c29-19-10-8-17(9-11-19)15-37-16-20(13-33-37)35-27(39)23-14-34-38-25(28(30,31)32)12-24(36-26(23)38)22-7-3-5-18-4-1-2-6-21(18)22/h1-14,16H,15H2,(H,35,39). The summed E-state index contributed by atoms with van der Waals surface area (Å²) < 4.78 is 44.5. The van der Waals surface area contributed by atoms with Gasteiger partial charge in [0.1, 0.15) is 5.56 Å². The second kappa shape index (κ2) is 9.55. The van der Waals surface area contributed by atoms with E-state index in [1.807, 2.05) is 36.4 Å². The quantitative estimate of drug-likeness (QED) is 0.260. The SMILES string of the molecule is O=C(Nc1cnn(Cc2ccc(Cl)cc2)c1)c1cnn2c(C(F)(F)F)cc(-c3cccc4ccccc34)nc12. The number of rotatable bonds is 5. The van der Waals surface area contributed by atoms with Gasteiger partial charge in [-0.1, -0.05) is 66.2 Å². The fourth-order valence-corrected chi connectivity index (χ4v) is 4.53. The molecule has 0 radical (unpaired) electrons. The van der Waals surface area contributed by atoms with Crippen LogP contribution in [0.3, 0.4) is 0 Å². The first-order valence-electron chi connectivity index (χ1n) is 11.8. The molecule has 7 nitrogen and oxygen atoms in total. The van der Waals surface area contributed by atoms with Gasteiger partial charge in [-0.25, -0.2) is 9.50 Å². The van der Waals surface area contributed by atoms with E-state index in [4.69, 9.17) is 11.6 Å². The summed E-state index contributed by atoms with van der Waals surface area (Å²) in [4.78, 5) is 17.6. The number of carbonyl (C=O) groups excluding carboxylic acids is 1. The Hall–Kier alpha value is -4.70. The van der Waals surface area contributed by atoms with Crippen LogP contribution in [0, 0.1) is 0 Å². The van der Waals surface area contributed by atoms with Gasteiger partial charge in [0.05, 0.1) is 30.3 Å². The van der Waals surface area contributed by atoms with Gasteiger partial charge >= 0.3 is 6.18 Å². The Kier molecular flexibility index (Phi) is 6.03. The Morgan fingerprint density at radius 2 is 1.72 bits per heavy atom. The molecule has 3 heterocycles. The van der Waals surface area contributed by atoms with Crippen molar-refractivity contribution in [3.8, 4) is 11.3 Å². The van der Waals surface area contributed by atoms with Crippen molar-refractivity contribution in [3.63, 3.8) is 0 Å². The van der Waals surface area contributed by atoms with Crippen molar-refractivity contribution in [2.75, 3.05) is 5.32 Å². The molecule has 3 aromatic carbocycles. The summed E-state index contributed by atoms with van der Waals surface area (Å²) in [6, 6.07) is 20.9. The van der Waals surface area contributed by atoms with Crippen molar-refractivity contribution in [1.82, 2.24) is 24.4 Å². The smallest absolute Gasteiger partial charge is 0.319 e. The second-order valence-corrected chi connectivity index (χ2v) is 9.29. The summed E-state index contributed by atoms with van der Waals surface area (Å²) in [5, 5.41) is 13.0. The predicted molar refractivity (Wildman–Crippen MR) is 142 cm³/mol. The Morgan fingerprint density at radius 3 is 2.51 bits per heavy atom. The molecular formula is C28H18ClF3N6O. The number of nitrogens with one attached hydrogen (secondary N) is 1. The molecule has 1 amide bonds. The number of hydrogen-bond acceptors (Lipinski definition) is 4. The Bertz CT molecular complexity index is 1840. The first-order valence-corrected chi connectivity index (χ1v) is 12.2. The molecule has 0 atom stereocenters. The largest absolute Gasteiger partial charge is 0.433 e. The highest BCUT2D eigenvalue weighted by Gasteiger charge is 2.36. The lowest BCUT2D eigenvalue weighted by atomic mass is 10.0. The minimum atomic E-state index is -4.73. The summed E-state index contributed by atoms with van der Waals surface area (Å²) in [6.45, 7) is 0.439. The minimum Gasteiger partial charge on any atom is -0.319 e. The Balaban J connectivity index is 1.36. The molecule has 0 spiro atoms. The molecule has 0 aliphatic carbocycles. The van der Waals surface area contributed by atoms with Gasteiger partial charge in [-0.05, 0) is 34.5 Å². The predicted octanol–water partition coefficient (Wildman–Crippen LogP) is 6.72. The maximum atomic E-state index is 14.1. The van der Waals surface area contributed by atoms with Crippen LogP contribution in [-0.4, -0.2) is 30.3 Å². The fourth-order valence-electron chi connectivity index (χ4n) is 4.40. The molecular weight excluding hydrogens is 529 g/mol. The van der Waals surface area contributed by atoms with Gasteiger partial charge in [0.15, 0.2) is 11.3 Å². The van der Waals surface area contributed by atoms with E-state index < -0.39 is 17.8 Å². The van der Waals surface area contributed by atoms with Crippen LogP contribution in [0.1, 0.15) is 21.6 Å². The van der Waals surface area contributed by atoms with Crippen molar-refractivity contribution in [2.45, 2.75) is 12.7 Å². The first kappa shape index (κ1) is 24.6. The number of amides is 1. The zero-order valence-corrected chi connectivity index (χ0v) is 20.8. The molecule has 194 valence electrons. The third-order valence-corrected chi connectivity index (χ3v) is 6.47. The molecule has 6 aromatic rings. The van der Waals surface area contributed by atoms with E-state index in [0.29, 0.717) is 27.3 Å². The van der Waals surface area contributed by atoms with Crippen LogP contribution in [0.15, 0.2) is 91.4 Å². The molecule has 0 bridgehead atoms. The summed E-state index contributed by atoms with van der Waals surface area (Å²) >= 11 is 5.93. The Labute approximate surface area is 224 Å². The lowest BCUT2D eigenvalue weighted by molar-refractivity contribution is -0.142. The topological polar surface area (TPSA) is 77.1 Å². The maximum absolute atomic E-state index is 14.1. The van der Waals surface area contributed by atoms with Crippen LogP contribution in [-0.2, 0) is 12.7 Å². The fraction of sp³-hybridized carbons (Fsp3) is 0.0714. The van der Waals surface area contributed by atoms with Crippen LogP contribution in [0.4, 0.5) is 18.9 Å². The number of halogens is 4. The highest BCUT2D eigenvalue weighted by Crippen LogP contribution is 2.35. The van der Waals surface area contributed by atoms with Gasteiger partial charge in [-0.2, -0.15) is 23.4 Å². The third-order valence-electron chi connectivity index (χ3n) is 6.22. The summed E-state index contributed by atoms with van der Waals surface area (Å²) in [7, 11) is 0. The summed E-state index contributed by atoms with van der Waals surface area (Å²) in [6.07, 6.45) is -0.578. The number of fused-ring (bicyclic) bond motifs is 2. The molecule has 11 heteroatoms. The van der Waals surface area contributed by atoms with Gasteiger partial charge in [0.2, 0.25) is 0 Å². The van der Waals surface area contributed by atoms with Crippen molar-refractivity contribution < 1.29 is 18.0 Å². The lowest BCUT2D eigenvalue weighted by Gasteiger charge is -2.13. The molecule has 39 heavy (non-hydrogen) atoms. The molecule has 0 unspecified atom stereocenters. The average molecular weight is 547 g/mol. The van der Waals surface area contributed by atoms with E-state index in [-0.39, 0.29) is 16.9 Å². The minimum absolute atomic E-state index is 0.0805. The van der Waals surface area contributed by atoms with Crippen LogP contribution in [0.2, 0.25) is 5.02 Å². The van der Waals surface area contributed by atoms with Gasteiger partial charge in [0.25, 0.3) is 5.91 Å². The van der Waals surface area contributed by atoms with Crippen molar-refractivity contribution in [3.05, 3.63) is 113 Å².